The summed E-state index contributed by atoms with van der Waals surface area (Å²) >= 11 is 0. The van der Waals surface area contributed by atoms with Crippen LogP contribution in [0.1, 0.15) is 61.9 Å². The number of benzene rings is 2. The van der Waals surface area contributed by atoms with Gasteiger partial charge in [-0.3, -0.25) is 24.6 Å². The van der Waals surface area contributed by atoms with Crippen molar-refractivity contribution in [2.24, 2.45) is 0 Å². The Hall–Kier alpha value is -3.30. The number of rotatable bonds is 6. The van der Waals surface area contributed by atoms with Crippen molar-refractivity contribution in [2.75, 3.05) is 13.1 Å². The molecule has 5 rings (SSSR count). The average Bonchev–Trinajstić information content (AvgIpc) is 3.19. The van der Waals surface area contributed by atoms with Crippen LogP contribution in [0.3, 0.4) is 0 Å². The number of carbonyl (C=O) groups is 3. The molecule has 0 aromatic heterocycles. The molecule has 0 saturated carbocycles. The molecule has 3 unspecified atom stereocenters. The zero-order valence-electron chi connectivity index (χ0n) is 25.8. The van der Waals surface area contributed by atoms with Gasteiger partial charge in [-0.05, 0) is 44.0 Å². The number of morpholine rings is 1. The fourth-order valence-electron chi connectivity index (χ4n) is 4.78. The molecule has 2 aromatic carbocycles. The molecule has 9 heteroatoms. The predicted molar refractivity (Wildman–Crippen MR) is 129 cm³/mol. The van der Waals surface area contributed by atoms with Crippen molar-refractivity contribution in [3.63, 3.8) is 0 Å². The maximum Gasteiger partial charge on any atom is 0.255 e. The summed E-state index contributed by atoms with van der Waals surface area (Å²) < 4.78 is 75.9. The molecule has 3 atom stereocenters. The highest BCUT2D eigenvalue weighted by molar-refractivity contribution is 6.05. The number of piperidine rings is 1. The second kappa shape index (κ2) is 9.99. The SMILES string of the molecule is [2H]C([2H])(Oc1cccc2c1CN(C1C(=O)NC(=O)C([2H])([2H])C1([2H])[2H])C2=O)c1ccc(CN2CC(C)OC(C)C2)cc1F. The number of hydrogen-bond donors (Lipinski definition) is 1. The van der Waals surface area contributed by atoms with E-state index in [-0.39, 0.29) is 34.6 Å². The minimum absolute atomic E-state index is 0.0193. The van der Waals surface area contributed by atoms with Gasteiger partial charge in [0.25, 0.3) is 5.91 Å². The van der Waals surface area contributed by atoms with E-state index in [1.165, 1.54) is 30.3 Å². The molecule has 8 nitrogen and oxygen atoms in total. The molecule has 2 fully saturated rings. The summed E-state index contributed by atoms with van der Waals surface area (Å²) in [5.41, 5.74) is 0.367. The number of carbonyl (C=O) groups excluding carboxylic acids is 3. The third-order valence-corrected chi connectivity index (χ3v) is 6.28. The third kappa shape index (κ3) is 4.99. The van der Waals surface area contributed by atoms with Crippen LogP contribution < -0.4 is 10.1 Å². The van der Waals surface area contributed by atoms with Gasteiger partial charge in [-0.2, -0.15) is 0 Å². The summed E-state index contributed by atoms with van der Waals surface area (Å²) in [6.45, 7) is 2.62. The highest BCUT2D eigenvalue weighted by Gasteiger charge is 2.40. The Morgan fingerprint density at radius 1 is 1.19 bits per heavy atom. The molecule has 36 heavy (non-hydrogen) atoms. The number of nitrogens with zero attached hydrogens (tertiary/aromatic N) is 2. The van der Waals surface area contributed by atoms with Gasteiger partial charge in [0.2, 0.25) is 11.8 Å². The van der Waals surface area contributed by atoms with Crippen molar-refractivity contribution in [2.45, 2.75) is 64.5 Å². The molecule has 3 heterocycles. The molecule has 0 radical (unpaired) electrons. The number of ether oxygens (including phenoxy) is 2. The Kier molecular flexibility index (Phi) is 5.00. The molecule has 3 aliphatic rings. The molecule has 3 aliphatic heterocycles. The van der Waals surface area contributed by atoms with E-state index in [1.807, 2.05) is 13.8 Å². The van der Waals surface area contributed by atoms with Crippen LogP contribution in [0.25, 0.3) is 0 Å². The topological polar surface area (TPSA) is 88.2 Å². The lowest BCUT2D eigenvalue weighted by molar-refractivity contribution is -0.136. The second-order valence-corrected chi connectivity index (χ2v) is 9.18. The normalized spacial score (nSPS) is 30.2. The van der Waals surface area contributed by atoms with E-state index in [0.29, 0.717) is 25.2 Å². The van der Waals surface area contributed by atoms with Gasteiger partial charge in [0.15, 0.2) is 0 Å². The maximum atomic E-state index is 15.3. The second-order valence-electron chi connectivity index (χ2n) is 9.18. The molecule has 190 valence electrons. The summed E-state index contributed by atoms with van der Waals surface area (Å²) in [7, 11) is 0. The van der Waals surface area contributed by atoms with Crippen LogP contribution in [-0.4, -0.2) is 58.9 Å². The Balaban J connectivity index is 1.37. The Bertz CT molecular complexity index is 1450. The first-order valence-corrected chi connectivity index (χ1v) is 11.7. The molecule has 2 aromatic rings. The first-order valence-electron chi connectivity index (χ1n) is 14.7. The molecular weight excluding hydrogens is 465 g/mol. The van der Waals surface area contributed by atoms with E-state index >= 15 is 4.39 Å². The Morgan fingerprint density at radius 3 is 2.72 bits per heavy atom. The number of fused-ring (bicyclic) bond motifs is 1. The van der Waals surface area contributed by atoms with Crippen molar-refractivity contribution in [3.8, 4) is 5.75 Å². The van der Waals surface area contributed by atoms with Gasteiger partial charge in [-0.25, -0.2) is 4.39 Å². The molecular formula is C27H30FN3O5. The highest BCUT2D eigenvalue weighted by Crippen LogP contribution is 2.34. The largest absolute Gasteiger partial charge is 0.488 e. The molecule has 3 amide bonds. The lowest BCUT2D eigenvalue weighted by Gasteiger charge is -2.35. The summed E-state index contributed by atoms with van der Waals surface area (Å²) in [5.74, 6) is -4.41. The van der Waals surface area contributed by atoms with Crippen LogP contribution in [0.5, 0.6) is 5.75 Å². The third-order valence-electron chi connectivity index (χ3n) is 6.28. The van der Waals surface area contributed by atoms with Crippen molar-refractivity contribution in [1.82, 2.24) is 15.1 Å². The van der Waals surface area contributed by atoms with Crippen molar-refractivity contribution < 1.29 is 36.5 Å². The molecule has 1 N–H and O–H groups in total. The minimum atomic E-state index is -3.11. The summed E-state index contributed by atoms with van der Waals surface area (Å²) in [4.78, 5) is 40.8. The summed E-state index contributed by atoms with van der Waals surface area (Å²) in [6.07, 6.45) is -6.11. The van der Waals surface area contributed by atoms with E-state index in [0.717, 1.165) is 4.90 Å². The summed E-state index contributed by atoms with van der Waals surface area (Å²) in [5, 5.41) is 1.79. The van der Waals surface area contributed by atoms with E-state index < -0.39 is 55.4 Å². The first kappa shape index (κ1) is 18.0. The van der Waals surface area contributed by atoms with Gasteiger partial charge >= 0.3 is 0 Å². The monoisotopic (exact) mass is 501 g/mol. The zero-order chi connectivity index (χ0) is 30.8. The quantitative estimate of drug-likeness (QED) is 0.613. The van der Waals surface area contributed by atoms with Crippen molar-refractivity contribution in [1.29, 1.82) is 0 Å². The zero-order valence-corrected chi connectivity index (χ0v) is 19.8. The average molecular weight is 502 g/mol. The van der Waals surface area contributed by atoms with Gasteiger partial charge < -0.3 is 14.4 Å². The smallest absolute Gasteiger partial charge is 0.255 e. The molecule has 0 spiro atoms. The number of halogens is 1. The van der Waals surface area contributed by atoms with E-state index in [2.05, 4.69) is 4.90 Å². The van der Waals surface area contributed by atoms with Crippen LogP contribution in [0, 0.1) is 5.82 Å². The van der Waals surface area contributed by atoms with E-state index in [4.69, 9.17) is 17.7 Å². The van der Waals surface area contributed by atoms with Crippen LogP contribution in [0.15, 0.2) is 36.4 Å². The fraction of sp³-hybridized carbons (Fsp3) is 0.444. The Labute approximate surface area is 217 Å². The number of hydrogen-bond acceptors (Lipinski definition) is 6. The van der Waals surface area contributed by atoms with Crippen LogP contribution in [-0.2, 0) is 34.0 Å². The molecule has 0 aliphatic carbocycles. The van der Waals surface area contributed by atoms with Gasteiger partial charge in [0.05, 0.1) is 21.5 Å². The maximum absolute atomic E-state index is 15.3. The number of imide groups is 1. The predicted octanol–water partition coefficient (Wildman–Crippen LogP) is 2.77. The lowest BCUT2D eigenvalue weighted by Crippen LogP contribution is -2.52. The molecule has 2 saturated heterocycles. The number of amides is 3. The van der Waals surface area contributed by atoms with Crippen molar-refractivity contribution in [3.05, 3.63) is 64.5 Å². The number of nitrogens with one attached hydrogen (secondary N) is 1. The van der Waals surface area contributed by atoms with E-state index in [9.17, 15) is 14.4 Å². The highest BCUT2D eigenvalue weighted by atomic mass is 19.1. The van der Waals surface area contributed by atoms with Gasteiger partial charge in [-0.15, -0.1) is 0 Å². The van der Waals surface area contributed by atoms with Crippen LogP contribution in [0.4, 0.5) is 4.39 Å². The van der Waals surface area contributed by atoms with E-state index in [1.54, 1.807) is 11.4 Å². The molecule has 0 bridgehead atoms. The van der Waals surface area contributed by atoms with Crippen LogP contribution >= 0.6 is 0 Å². The van der Waals surface area contributed by atoms with Gasteiger partial charge in [0.1, 0.15) is 24.2 Å². The first-order chi connectivity index (χ1) is 19.5. The van der Waals surface area contributed by atoms with Gasteiger partial charge in [0, 0.05) is 48.2 Å². The van der Waals surface area contributed by atoms with Crippen LogP contribution in [0.2, 0.25) is 0 Å². The lowest BCUT2D eigenvalue weighted by atomic mass is 10.0. The Morgan fingerprint density at radius 2 is 1.97 bits per heavy atom. The van der Waals surface area contributed by atoms with Gasteiger partial charge in [-0.1, -0.05) is 18.2 Å². The fourth-order valence-corrected chi connectivity index (χ4v) is 4.78. The summed E-state index contributed by atoms with van der Waals surface area (Å²) in [6, 6.07) is 6.31. The van der Waals surface area contributed by atoms with Crippen molar-refractivity contribution >= 4 is 17.7 Å². The minimum Gasteiger partial charge on any atom is -0.488 e. The standard InChI is InChI=1S/C27H30FN3O5/c1-16-11-30(12-17(2)36-16)13-18-6-7-19(22(28)10-18)15-35-24-5-3-4-20-21(24)14-31(27(20)34)23-8-9-25(32)29-26(23)33/h3-7,10,16-17,23H,8-9,11-15H2,1-2H3,(H,29,32,33)/i8D2,9D2,15D2.